The number of ether oxygens (including phenoxy) is 3. The monoisotopic (exact) mass is 493 g/mol. The quantitative estimate of drug-likeness (QED) is 0.493. The minimum absolute atomic E-state index is 0.0209. The van der Waals surface area contributed by atoms with Crippen LogP contribution in [-0.4, -0.2) is 65.8 Å². The smallest absolute Gasteiger partial charge is 0.340 e. The van der Waals surface area contributed by atoms with Gasteiger partial charge in [0.15, 0.2) is 17.2 Å². The predicted octanol–water partition coefficient (Wildman–Crippen LogP) is 3.00. The zero-order chi connectivity index (χ0) is 25.0. The topological polar surface area (TPSA) is 88.5 Å². The van der Waals surface area contributed by atoms with Gasteiger partial charge < -0.3 is 24.4 Å². The Morgan fingerprint density at radius 1 is 1.14 bits per heavy atom. The number of carbonyl (C=O) groups is 1. The number of aliphatic hydroxyl groups is 2. The zero-order valence-corrected chi connectivity index (χ0v) is 21.2. The van der Waals surface area contributed by atoms with E-state index in [2.05, 4.69) is 18.4 Å². The van der Waals surface area contributed by atoms with E-state index >= 15 is 0 Å². The number of methoxy groups -OCH3 is 2. The van der Waals surface area contributed by atoms with Gasteiger partial charge in [-0.2, -0.15) is 0 Å². The van der Waals surface area contributed by atoms with Gasteiger partial charge in [0.05, 0.1) is 32.0 Å². The maximum absolute atomic E-state index is 13.8. The maximum atomic E-state index is 13.8. The molecule has 9 fully saturated rings. The number of nitrogens with zero attached hydrogens (tertiary/aromatic N) is 1. The van der Waals surface area contributed by atoms with E-state index in [1.807, 2.05) is 0 Å². The third-order valence-corrected chi connectivity index (χ3v) is 12.2. The number of esters is 1. The van der Waals surface area contributed by atoms with Crippen LogP contribution in [0.25, 0.3) is 0 Å². The molecule has 0 aromatic heterocycles. The van der Waals surface area contributed by atoms with E-state index in [1.54, 1.807) is 32.4 Å². The molecule has 7 nitrogen and oxygen atoms in total. The minimum Gasteiger partial charge on any atom is -0.493 e. The molecular formula is C29H35NO6. The molecule has 3 unspecified atom stereocenters. The number of hydrogen-bond donors (Lipinski definition) is 2. The second kappa shape index (κ2) is 6.30. The number of piperidine rings is 2. The molecule has 3 heterocycles. The van der Waals surface area contributed by atoms with Crippen molar-refractivity contribution in [3.05, 3.63) is 35.9 Å². The van der Waals surface area contributed by atoms with E-state index < -0.39 is 23.3 Å². The lowest BCUT2D eigenvalue weighted by Gasteiger charge is -2.67. The molecule has 3 saturated heterocycles. The van der Waals surface area contributed by atoms with Crippen LogP contribution in [0.15, 0.2) is 30.4 Å². The molecule has 6 aliphatic carbocycles. The average molecular weight is 494 g/mol. The molecule has 0 radical (unpaired) electrons. The molecule has 10 rings (SSSR count). The number of aliphatic hydroxyl groups excluding tert-OH is 2. The van der Waals surface area contributed by atoms with E-state index in [0.29, 0.717) is 29.4 Å². The first kappa shape index (κ1) is 21.9. The van der Waals surface area contributed by atoms with Gasteiger partial charge in [-0.05, 0) is 54.4 Å². The molecular weight excluding hydrogens is 458 g/mol. The molecule has 9 aliphatic rings. The highest BCUT2D eigenvalue weighted by Crippen LogP contribution is 2.89. The van der Waals surface area contributed by atoms with E-state index in [1.165, 1.54) is 0 Å². The third-order valence-electron chi connectivity index (χ3n) is 12.2. The fraction of sp³-hybridized carbons (Fsp3) is 0.690. The Hall–Kier alpha value is -2.09. The zero-order valence-electron chi connectivity index (χ0n) is 21.2. The molecule has 0 amide bonds. The fourth-order valence-corrected chi connectivity index (χ4v) is 11.9. The van der Waals surface area contributed by atoms with Crippen molar-refractivity contribution < 1.29 is 29.2 Å². The molecule has 2 spiro atoms. The maximum Gasteiger partial charge on any atom is 0.340 e. The Kier molecular flexibility index (Phi) is 3.84. The Morgan fingerprint density at radius 2 is 1.92 bits per heavy atom. The summed E-state index contributed by atoms with van der Waals surface area (Å²) >= 11 is 0. The molecule has 12 atom stereocenters. The van der Waals surface area contributed by atoms with Crippen molar-refractivity contribution in [3.63, 3.8) is 0 Å². The van der Waals surface area contributed by atoms with E-state index in [0.717, 1.165) is 37.8 Å². The average Bonchev–Trinajstić information content (AvgIpc) is 3.25. The van der Waals surface area contributed by atoms with Gasteiger partial charge >= 0.3 is 5.97 Å². The van der Waals surface area contributed by atoms with Crippen LogP contribution >= 0.6 is 0 Å². The van der Waals surface area contributed by atoms with Gasteiger partial charge in [-0.1, -0.05) is 19.9 Å². The third kappa shape index (κ3) is 1.95. The van der Waals surface area contributed by atoms with Crippen molar-refractivity contribution in [1.82, 2.24) is 4.90 Å². The van der Waals surface area contributed by atoms with Gasteiger partial charge in [0.25, 0.3) is 0 Å². The molecule has 6 saturated carbocycles. The second-order valence-electron chi connectivity index (χ2n) is 13.1. The van der Waals surface area contributed by atoms with Crippen molar-refractivity contribution in [1.29, 1.82) is 0 Å². The number of rotatable bonds is 4. The first-order chi connectivity index (χ1) is 17.2. The van der Waals surface area contributed by atoms with Crippen LogP contribution in [0.2, 0.25) is 0 Å². The van der Waals surface area contributed by atoms with Crippen molar-refractivity contribution in [2.75, 3.05) is 20.8 Å². The van der Waals surface area contributed by atoms with Gasteiger partial charge in [-0.15, -0.1) is 0 Å². The highest BCUT2D eigenvalue weighted by Gasteiger charge is 2.94. The Balaban J connectivity index is 1.28. The van der Waals surface area contributed by atoms with Crippen molar-refractivity contribution in [2.45, 2.75) is 63.0 Å². The summed E-state index contributed by atoms with van der Waals surface area (Å²) in [5.41, 5.74) is -0.0969. The lowest BCUT2D eigenvalue weighted by Crippen LogP contribution is -2.72. The number of fused-ring (bicyclic) bond motifs is 1. The molecule has 9 bridgehead atoms. The Labute approximate surface area is 211 Å². The number of benzene rings is 1. The molecule has 1 aromatic carbocycles. The predicted molar refractivity (Wildman–Crippen MR) is 129 cm³/mol. The number of hydrogen-bond acceptors (Lipinski definition) is 7. The van der Waals surface area contributed by atoms with Crippen LogP contribution in [0.1, 0.15) is 49.4 Å². The summed E-state index contributed by atoms with van der Waals surface area (Å²) in [7, 11) is 3.13. The first-order valence-corrected chi connectivity index (χ1v) is 13.5. The van der Waals surface area contributed by atoms with Crippen molar-refractivity contribution in [3.8, 4) is 11.5 Å². The first-order valence-electron chi connectivity index (χ1n) is 13.5. The lowest BCUT2D eigenvalue weighted by molar-refractivity contribution is -0.271. The normalized spacial score (nSPS) is 54.2. The fourth-order valence-electron chi connectivity index (χ4n) is 11.9. The molecule has 3 aliphatic heterocycles. The van der Waals surface area contributed by atoms with E-state index in [-0.39, 0.29) is 40.6 Å². The van der Waals surface area contributed by atoms with Gasteiger partial charge in [-0.3, -0.25) is 4.90 Å². The SMILES string of the molecule is C=C1[C@H]2C[C@H]3C4N5C[C@]6(C)CCC[C@]47[C@H]([C@H]2O)C3(C[C@]5(OC(=O)c2ccc(OC)c(OC)c2)[C@H]67)[C@@H]1O. The summed E-state index contributed by atoms with van der Waals surface area (Å²) in [6.45, 7) is 7.55. The Bertz CT molecular complexity index is 1230. The highest BCUT2D eigenvalue weighted by molar-refractivity contribution is 5.90. The largest absolute Gasteiger partial charge is 0.493 e. The molecule has 7 heteroatoms. The number of carbonyl (C=O) groups excluding carboxylic acids is 1. The summed E-state index contributed by atoms with van der Waals surface area (Å²) in [5, 5.41) is 23.5. The molecule has 36 heavy (non-hydrogen) atoms. The van der Waals surface area contributed by atoms with Crippen molar-refractivity contribution >= 4 is 5.97 Å². The minimum atomic E-state index is -0.762. The molecule has 192 valence electrons. The molecule has 2 N–H and O–H groups in total. The van der Waals surface area contributed by atoms with Gasteiger partial charge in [0.1, 0.15) is 0 Å². The summed E-state index contributed by atoms with van der Waals surface area (Å²) in [4.78, 5) is 16.3. The van der Waals surface area contributed by atoms with Crippen LogP contribution in [0, 0.1) is 39.9 Å². The van der Waals surface area contributed by atoms with Gasteiger partial charge in [0, 0.05) is 47.6 Å². The molecule has 1 aromatic rings. The summed E-state index contributed by atoms with van der Waals surface area (Å²) in [6, 6.07) is 5.40. The van der Waals surface area contributed by atoms with Crippen LogP contribution in [-0.2, 0) is 4.74 Å². The van der Waals surface area contributed by atoms with E-state index in [9.17, 15) is 15.0 Å². The van der Waals surface area contributed by atoms with Crippen LogP contribution in [0.5, 0.6) is 11.5 Å². The van der Waals surface area contributed by atoms with Gasteiger partial charge in [0.2, 0.25) is 0 Å². The summed E-state index contributed by atoms with van der Waals surface area (Å²) < 4.78 is 17.5. The van der Waals surface area contributed by atoms with Crippen LogP contribution < -0.4 is 9.47 Å². The standard InChI is InChI=1S/C29H35NO6/c1-14-16-11-17-22-27-9-5-8-26(2)13-30(22)29(25(26)27,12-28(17,23(14)32)21(27)20(16)31)36-24(33)15-6-7-18(34-3)19(10-15)35-4/h6-7,10,16-17,20-23,25,31-32H,1,5,8-9,11-13H2,2-4H3/t16-,17+,20+,21+,22?,23-,25-,26+,27+,28?,29+/m1/s1. The van der Waals surface area contributed by atoms with Gasteiger partial charge in [-0.25, -0.2) is 4.79 Å². The summed E-state index contributed by atoms with van der Waals surface area (Å²) in [6.07, 6.45) is 3.63. The lowest BCUT2D eigenvalue weighted by atomic mass is 9.39. The Morgan fingerprint density at radius 3 is 2.67 bits per heavy atom. The van der Waals surface area contributed by atoms with Crippen LogP contribution in [0.4, 0.5) is 0 Å². The van der Waals surface area contributed by atoms with Crippen molar-refractivity contribution in [2.24, 2.45) is 39.9 Å². The summed E-state index contributed by atoms with van der Waals surface area (Å²) in [5.74, 6) is 1.20. The highest BCUT2D eigenvalue weighted by atomic mass is 16.6. The van der Waals surface area contributed by atoms with Crippen LogP contribution in [0.3, 0.4) is 0 Å². The van der Waals surface area contributed by atoms with E-state index in [4.69, 9.17) is 14.2 Å². The second-order valence-corrected chi connectivity index (χ2v) is 13.1.